The van der Waals surface area contributed by atoms with Crippen LogP contribution in [0.4, 0.5) is 5.69 Å². The second-order valence-corrected chi connectivity index (χ2v) is 5.70. The molecule has 0 bridgehead atoms. The fourth-order valence-electron chi connectivity index (χ4n) is 2.55. The van der Waals surface area contributed by atoms with Crippen LogP contribution in [0.2, 0.25) is 5.02 Å². The number of anilines is 1. The van der Waals surface area contributed by atoms with Crippen molar-refractivity contribution in [3.05, 3.63) is 17.2 Å². The SMILES string of the molecule is O=C(CN1CCCCC1=O)Nc1cc2c(cc1Cl)OCCO2. The molecule has 1 N–H and O–H groups in total. The summed E-state index contributed by atoms with van der Waals surface area (Å²) in [6.07, 6.45) is 2.34. The molecule has 0 aromatic heterocycles. The van der Waals surface area contributed by atoms with Crippen molar-refractivity contribution >= 4 is 29.1 Å². The fraction of sp³-hybridized carbons (Fsp3) is 0.467. The Balaban J connectivity index is 1.67. The van der Waals surface area contributed by atoms with Crippen LogP contribution in [0.1, 0.15) is 19.3 Å². The van der Waals surface area contributed by atoms with Crippen molar-refractivity contribution in [1.29, 1.82) is 0 Å². The number of amides is 2. The van der Waals surface area contributed by atoms with Gasteiger partial charge in [-0.25, -0.2) is 0 Å². The zero-order chi connectivity index (χ0) is 15.5. The van der Waals surface area contributed by atoms with Gasteiger partial charge in [0.05, 0.1) is 17.3 Å². The van der Waals surface area contributed by atoms with E-state index in [0.717, 1.165) is 12.8 Å². The molecule has 1 aromatic carbocycles. The molecule has 118 valence electrons. The van der Waals surface area contributed by atoms with Gasteiger partial charge in [-0.3, -0.25) is 9.59 Å². The third-order valence-electron chi connectivity index (χ3n) is 3.66. The number of nitrogens with zero attached hydrogens (tertiary/aromatic N) is 1. The quantitative estimate of drug-likeness (QED) is 0.924. The minimum absolute atomic E-state index is 0.0228. The number of halogens is 1. The highest BCUT2D eigenvalue weighted by Gasteiger charge is 2.21. The number of ether oxygens (including phenoxy) is 2. The molecule has 2 amide bonds. The number of likely N-dealkylation sites (tertiary alicyclic amines) is 1. The first-order valence-electron chi connectivity index (χ1n) is 7.30. The molecule has 3 rings (SSSR count). The number of hydrogen-bond acceptors (Lipinski definition) is 4. The van der Waals surface area contributed by atoms with Crippen molar-refractivity contribution in [2.45, 2.75) is 19.3 Å². The smallest absolute Gasteiger partial charge is 0.244 e. The molecule has 2 heterocycles. The normalized spacial score (nSPS) is 17.3. The lowest BCUT2D eigenvalue weighted by Crippen LogP contribution is -2.40. The topological polar surface area (TPSA) is 67.9 Å². The van der Waals surface area contributed by atoms with Gasteiger partial charge in [-0.2, -0.15) is 0 Å². The zero-order valence-corrected chi connectivity index (χ0v) is 12.8. The average Bonchev–Trinajstić information content (AvgIpc) is 2.50. The van der Waals surface area contributed by atoms with Crippen LogP contribution in [-0.4, -0.2) is 43.0 Å². The number of carbonyl (C=O) groups excluding carboxylic acids is 2. The predicted molar refractivity (Wildman–Crippen MR) is 81.5 cm³/mol. The van der Waals surface area contributed by atoms with Gasteiger partial charge >= 0.3 is 0 Å². The lowest BCUT2D eigenvalue weighted by atomic mass is 10.1. The van der Waals surface area contributed by atoms with E-state index in [1.54, 1.807) is 17.0 Å². The summed E-state index contributed by atoms with van der Waals surface area (Å²) in [5, 5.41) is 3.11. The molecule has 0 radical (unpaired) electrons. The van der Waals surface area contributed by atoms with E-state index in [0.29, 0.717) is 48.4 Å². The van der Waals surface area contributed by atoms with E-state index in [-0.39, 0.29) is 18.4 Å². The summed E-state index contributed by atoms with van der Waals surface area (Å²) in [4.78, 5) is 25.4. The second-order valence-electron chi connectivity index (χ2n) is 5.30. The van der Waals surface area contributed by atoms with Gasteiger partial charge in [0.25, 0.3) is 0 Å². The Bertz CT molecular complexity index is 605. The van der Waals surface area contributed by atoms with Gasteiger partial charge in [0, 0.05) is 25.1 Å². The van der Waals surface area contributed by atoms with Crippen molar-refractivity contribution in [1.82, 2.24) is 4.90 Å². The molecule has 1 fully saturated rings. The Labute approximate surface area is 133 Å². The molecule has 6 nitrogen and oxygen atoms in total. The minimum atomic E-state index is -0.270. The number of benzene rings is 1. The summed E-state index contributed by atoms with van der Waals surface area (Å²) >= 11 is 6.15. The molecule has 0 aliphatic carbocycles. The fourth-order valence-corrected chi connectivity index (χ4v) is 2.75. The van der Waals surface area contributed by atoms with Crippen LogP contribution in [0.15, 0.2) is 12.1 Å². The molecule has 7 heteroatoms. The standard InChI is InChI=1S/C15H17ClN2O4/c16-10-7-12-13(22-6-5-21-12)8-11(10)17-14(19)9-18-4-2-1-3-15(18)20/h7-8H,1-6,9H2,(H,17,19). The van der Waals surface area contributed by atoms with Crippen molar-refractivity contribution in [3.8, 4) is 11.5 Å². The monoisotopic (exact) mass is 324 g/mol. The van der Waals surface area contributed by atoms with Crippen molar-refractivity contribution in [3.63, 3.8) is 0 Å². The maximum Gasteiger partial charge on any atom is 0.244 e. The minimum Gasteiger partial charge on any atom is -0.486 e. The van der Waals surface area contributed by atoms with Gasteiger partial charge in [0.1, 0.15) is 13.2 Å². The summed E-state index contributed by atoms with van der Waals surface area (Å²) in [6, 6.07) is 3.27. The Hall–Kier alpha value is -1.95. The third kappa shape index (κ3) is 3.27. The van der Waals surface area contributed by atoms with Crippen molar-refractivity contribution in [2.75, 3.05) is 31.6 Å². The van der Waals surface area contributed by atoms with E-state index in [4.69, 9.17) is 21.1 Å². The number of rotatable bonds is 3. The van der Waals surface area contributed by atoms with E-state index in [2.05, 4.69) is 5.32 Å². The van der Waals surface area contributed by atoms with E-state index >= 15 is 0 Å². The zero-order valence-electron chi connectivity index (χ0n) is 12.1. The largest absolute Gasteiger partial charge is 0.486 e. The Morgan fingerprint density at radius 3 is 2.68 bits per heavy atom. The van der Waals surface area contributed by atoms with E-state index in [1.807, 2.05) is 0 Å². The second kappa shape index (κ2) is 6.44. The summed E-state index contributed by atoms with van der Waals surface area (Å²) in [6.45, 7) is 1.61. The number of nitrogens with one attached hydrogen (secondary N) is 1. The van der Waals surface area contributed by atoms with Crippen LogP contribution in [0.3, 0.4) is 0 Å². The Morgan fingerprint density at radius 2 is 1.95 bits per heavy atom. The van der Waals surface area contributed by atoms with E-state index in [9.17, 15) is 9.59 Å². The van der Waals surface area contributed by atoms with Crippen LogP contribution >= 0.6 is 11.6 Å². The van der Waals surface area contributed by atoms with Crippen molar-refractivity contribution in [2.24, 2.45) is 0 Å². The lowest BCUT2D eigenvalue weighted by Gasteiger charge is -2.26. The first kappa shape index (κ1) is 15.0. The number of carbonyl (C=O) groups is 2. The van der Waals surface area contributed by atoms with Gasteiger partial charge in [0.2, 0.25) is 11.8 Å². The highest BCUT2D eigenvalue weighted by Crippen LogP contribution is 2.37. The average molecular weight is 325 g/mol. The predicted octanol–water partition coefficient (Wildman–Crippen LogP) is 2.06. The summed E-state index contributed by atoms with van der Waals surface area (Å²) in [5.41, 5.74) is 0.459. The van der Waals surface area contributed by atoms with Gasteiger partial charge in [-0.15, -0.1) is 0 Å². The molecule has 0 atom stereocenters. The molecule has 22 heavy (non-hydrogen) atoms. The van der Waals surface area contributed by atoms with Crippen LogP contribution in [-0.2, 0) is 9.59 Å². The number of piperidine rings is 1. The molecule has 2 aliphatic rings. The molecule has 0 spiro atoms. The molecule has 0 unspecified atom stereocenters. The summed E-state index contributed by atoms with van der Waals surface area (Å²) in [5.74, 6) is 0.879. The van der Waals surface area contributed by atoms with E-state index in [1.165, 1.54) is 0 Å². The van der Waals surface area contributed by atoms with Gasteiger partial charge in [-0.05, 0) is 12.8 Å². The summed E-state index contributed by atoms with van der Waals surface area (Å²) in [7, 11) is 0. The van der Waals surface area contributed by atoms with Crippen molar-refractivity contribution < 1.29 is 19.1 Å². The highest BCUT2D eigenvalue weighted by molar-refractivity contribution is 6.34. The van der Waals surface area contributed by atoms with Crippen LogP contribution in [0.25, 0.3) is 0 Å². The molecular formula is C15H17ClN2O4. The maximum absolute atomic E-state index is 12.1. The molecule has 1 aromatic rings. The highest BCUT2D eigenvalue weighted by atomic mass is 35.5. The van der Waals surface area contributed by atoms with E-state index < -0.39 is 0 Å². The molecule has 1 saturated heterocycles. The summed E-state index contributed by atoms with van der Waals surface area (Å²) < 4.78 is 10.9. The van der Waals surface area contributed by atoms with Gasteiger partial charge < -0.3 is 19.7 Å². The van der Waals surface area contributed by atoms with Crippen LogP contribution < -0.4 is 14.8 Å². The maximum atomic E-state index is 12.1. The van der Waals surface area contributed by atoms with Gasteiger partial charge in [0.15, 0.2) is 11.5 Å². The third-order valence-corrected chi connectivity index (χ3v) is 3.97. The number of hydrogen-bond donors (Lipinski definition) is 1. The Kier molecular flexibility index (Phi) is 4.38. The van der Waals surface area contributed by atoms with Crippen LogP contribution in [0.5, 0.6) is 11.5 Å². The Morgan fingerprint density at radius 1 is 1.23 bits per heavy atom. The van der Waals surface area contributed by atoms with Gasteiger partial charge in [-0.1, -0.05) is 11.6 Å². The first-order chi connectivity index (χ1) is 10.6. The molecule has 0 saturated carbocycles. The molecule has 2 aliphatic heterocycles. The number of fused-ring (bicyclic) bond motifs is 1. The van der Waals surface area contributed by atoms with Crippen LogP contribution in [0, 0.1) is 0 Å². The molecular weight excluding hydrogens is 308 g/mol. The first-order valence-corrected chi connectivity index (χ1v) is 7.68. The lowest BCUT2D eigenvalue weighted by molar-refractivity contribution is -0.136.